The molecule has 0 saturated heterocycles. The Labute approximate surface area is 131 Å². The highest BCUT2D eigenvalue weighted by molar-refractivity contribution is 14.1. The van der Waals surface area contributed by atoms with Gasteiger partial charge < -0.3 is 9.47 Å². The minimum atomic E-state index is -4.83. The number of carbonyl (C=O) groups excluding carboxylic acids is 1. The third-order valence-corrected chi connectivity index (χ3v) is 3.67. The summed E-state index contributed by atoms with van der Waals surface area (Å²) in [5.74, 6) is -1.17. The number of esters is 1. The molecule has 0 aliphatic heterocycles. The van der Waals surface area contributed by atoms with Crippen molar-refractivity contribution in [1.82, 2.24) is 4.98 Å². The first-order valence-electron chi connectivity index (χ1n) is 5.42. The number of ether oxygens (including phenoxy) is 2. The summed E-state index contributed by atoms with van der Waals surface area (Å²) < 4.78 is 45.6. The van der Waals surface area contributed by atoms with Gasteiger partial charge in [-0.1, -0.05) is 0 Å². The molecule has 0 atom stereocenters. The summed E-state index contributed by atoms with van der Waals surface area (Å²) in [4.78, 5) is 15.2. The van der Waals surface area contributed by atoms with Crippen molar-refractivity contribution in [3.63, 3.8) is 0 Å². The maximum absolute atomic E-state index is 12.2. The molecule has 0 spiro atoms. The van der Waals surface area contributed by atoms with Crippen molar-refractivity contribution in [2.24, 2.45) is 0 Å². The Morgan fingerprint density at radius 2 is 2.15 bits per heavy atom. The van der Waals surface area contributed by atoms with E-state index in [4.69, 9.17) is 16.3 Å². The Bertz CT molecular complexity index is 497. The molecule has 112 valence electrons. The first-order chi connectivity index (χ1) is 9.28. The predicted molar refractivity (Wildman–Crippen MR) is 73.5 cm³/mol. The number of nitrogens with zero attached hydrogens (tertiary/aromatic N) is 1. The predicted octanol–water partition coefficient (Wildman–Crippen LogP) is 3.43. The van der Waals surface area contributed by atoms with Gasteiger partial charge in [0.1, 0.15) is 0 Å². The molecular weight excluding hydrogens is 413 g/mol. The molecule has 0 aliphatic carbocycles. The van der Waals surface area contributed by atoms with Crippen molar-refractivity contribution in [2.75, 3.05) is 6.61 Å². The van der Waals surface area contributed by atoms with Gasteiger partial charge in [0.15, 0.2) is 5.75 Å². The number of pyridine rings is 1. The van der Waals surface area contributed by atoms with Gasteiger partial charge in [0.2, 0.25) is 0 Å². The van der Waals surface area contributed by atoms with Crippen LogP contribution in [0.2, 0.25) is 0 Å². The van der Waals surface area contributed by atoms with Crippen LogP contribution in [0.15, 0.2) is 6.20 Å². The second-order valence-corrected chi connectivity index (χ2v) is 4.87. The largest absolute Gasteiger partial charge is 0.573 e. The monoisotopic (exact) mass is 423 g/mol. The third kappa shape index (κ3) is 4.97. The maximum atomic E-state index is 12.2. The van der Waals surface area contributed by atoms with Crippen LogP contribution < -0.4 is 4.74 Å². The Morgan fingerprint density at radius 3 is 2.65 bits per heavy atom. The smallest absolute Gasteiger partial charge is 0.466 e. The van der Waals surface area contributed by atoms with E-state index in [2.05, 4.69) is 9.72 Å². The van der Waals surface area contributed by atoms with E-state index in [-0.39, 0.29) is 24.5 Å². The molecule has 0 aromatic carbocycles. The summed E-state index contributed by atoms with van der Waals surface area (Å²) in [6, 6.07) is 0. The SMILES string of the molecule is CCOC(=O)Cc1ncc(OC(F)(F)F)c(CCl)c1I. The molecule has 9 heteroatoms. The molecule has 1 heterocycles. The van der Waals surface area contributed by atoms with Crippen LogP contribution in [0.5, 0.6) is 5.75 Å². The Hall–Kier alpha value is -0.770. The lowest BCUT2D eigenvalue weighted by Crippen LogP contribution is -2.19. The number of alkyl halides is 4. The van der Waals surface area contributed by atoms with Crippen LogP contribution in [-0.4, -0.2) is 23.9 Å². The fourth-order valence-electron chi connectivity index (χ4n) is 1.36. The molecule has 1 aromatic heterocycles. The minimum absolute atomic E-state index is 0.137. The molecule has 1 aromatic rings. The molecule has 0 amide bonds. The average Bonchev–Trinajstić information content (AvgIpc) is 2.31. The molecule has 0 radical (unpaired) electrons. The maximum Gasteiger partial charge on any atom is 0.573 e. The highest BCUT2D eigenvalue weighted by Crippen LogP contribution is 2.31. The quantitative estimate of drug-likeness (QED) is 0.414. The number of carbonyl (C=O) groups is 1. The summed E-state index contributed by atoms with van der Waals surface area (Å²) in [5.41, 5.74) is 0.438. The zero-order valence-corrected chi connectivity index (χ0v) is 13.2. The number of hydrogen-bond donors (Lipinski definition) is 0. The summed E-state index contributed by atoms with van der Waals surface area (Å²) in [5, 5.41) is 0. The molecule has 0 N–H and O–H groups in total. The lowest BCUT2D eigenvalue weighted by molar-refractivity contribution is -0.275. The van der Waals surface area contributed by atoms with E-state index in [1.165, 1.54) is 0 Å². The van der Waals surface area contributed by atoms with Gasteiger partial charge in [-0.3, -0.25) is 9.78 Å². The molecule has 0 fully saturated rings. The second-order valence-electron chi connectivity index (χ2n) is 3.52. The van der Waals surface area contributed by atoms with E-state index in [9.17, 15) is 18.0 Å². The molecule has 20 heavy (non-hydrogen) atoms. The van der Waals surface area contributed by atoms with Crippen LogP contribution in [0.4, 0.5) is 13.2 Å². The highest BCUT2D eigenvalue weighted by Gasteiger charge is 2.33. The standard InChI is InChI=1S/C11H10ClF3INO3/c1-2-19-9(18)3-7-10(16)6(4-12)8(5-17-7)20-11(13,14)15/h5H,2-4H2,1H3. The van der Waals surface area contributed by atoms with Crippen molar-refractivity contribution < 1.29 is 27.4 Å². The van der Waals surface area contributed by atoms with Gasteiger partial charge >= 0.3 is 12.3 Å². The van der Waals surface area contributed by atoms with Crippen LogP contribution in [0.25, 0.3) is 0 Å². The van der Waals surface area contributed by atoms with E-state index in [0.717, 1.165) is 6.20 Å². The third-order valence-electron chi connectivity index (χ3n) is 2.13. The van der Waals surface area contributed by atoms with Crippen LogP contribution >= 0.6 is 34.2 Å². The highest BCUT2D eigenvalue weighted by atomic mass is 127. The minimum Gasteiger partial charge on any atom is -0.466 e. The molecule has 1 rings (SSSR count). The van der Waals surface area contributed by atoms with E-state index in [0.29, 0.717) is 9.26 Å². The summed E-state index contributed by atoms with van der Waals surface area (Å²) in [7, 11) is 0. The summed E-state index contributed by atoms with van der Waals surface area (Å²) >= 11 is 7.42. The zero-order chi connectivity index (χ0) is 15.3. The topological polar surface area (TPSA) is 48.4 Å². The summed E-state index contributed by atoms with van der Waals surface area (Å²) in [6.45, 7) is 1.87. The normalized spacial score (nSPS) is 11.3. The molecular formula is C11H10ClF3INO3. The van der Waals surface area contributed by atoms with Crippen LogP contribution in [-0.2, 0) is 21.8 Å². The van der Waals surface area contributed by atoms with Crippen molar-refractivity contribution >= 4 is 40.2 Å². The zero-order valence-electron chi connectivity index (χ0n) is 10.3. The van der Waals surface area contributed by atoms with Gasteiger partial charge in [0.05, 0.1) is 30.8 Å². The first kappa shape index (κ1) is 17.3. The number of hydrogen-bond acceptors (Lipinski definition) is 4. The van der Waals surface area contributed by atoms with Crippen LogP contribution in [0.3, 0.4) is 0 Å². The first-order valence-corrected chi connectivity index (χ1v) is 7.03. The Kier molecular flexibility index (Phi) is 6.31. The lowest BCUT2D eigenvalue weighted by atomic mass is 10.2. The van der Waals surface area contributed by atoms with Crippen molar-refractivity contribution in [1.29, 1.82) is 0 Å². The van der Waals surface area contributed by atoms with E-state index >= 15 is 0 Å². The van der Waals surface area contributed by atoms with E-state index in [1.54, 1.807) is 29.5 Å². The molecule has 0 bridgehead atoms. The van der Waals surface area contributed by atoms with E-state index in [1.807, 2.05) is 0 Å². The van der Waals surface area contributed by atoms with Crippen molar-refractivity contribution in [3.05, 3.63) is 21.0 Å². The molecule has 0 unspecified atom stereocenters. The fraction of sp³-hybridized carbons (Fsp3) is 0.455. The van der Waals surface area contributed by atoms with Gasteiger partial charge in [0, 0.05) is 9.13 Å². The van der Waals surface area contributed by atoms with Gasteiger partial charge in [-0.15, -0.1) is 24.8 Å². The average molecular weight is 424 g/mol. The van der Waals surface area contributed by atoms with Crippen LogP contribution in [0, 0.1) is 3.57 Å². The van der Waals surface area contributed by atoms with Gasteiger partial charge in [-0.2, -0.15) is 0 Å². The molecule has 0 aliphatic rings. The Balaban J connectivity index is 3.05. The van der Waals surface area contributed by atoms with Crippen molar-refractivity contribution in [2.45, 2.75) is 25.6 Å². The van der Waals surface area contributed by atoms with Gasteiger partial charge in [0.25, 0.3) is 0 Å². The summed E-state index contributed by atoms with van der Waals surface area (Å²) in [6.07, 6.45) is -4.06. The molecule has 0 saturated carbocycles. The van der Waals surface area contributed by atoms with E-state index < -0.39 is 18.1 Å². The molecule has 4 nitrogen and oxygen atoms in total. The number of halogens is 5. The number of aromatic nitrogens is 1. The van der Waals surface area contributed by atoms with Gasteiger partial charge in [-0.05, 0) is 29.5 Å². The van der Waals surface area contributed by atoms with Gasteiger partial charge in [-0.25, -0.2) is 0 Å². The fourth-order valence-corrected chi connectivity index (χ4v) is 2.64. The van der Waals surface area contributed by atoms with Crippen LogP contribution in [0.1, 0.15) is 18.2 Å². The van der Waals surface area contributed by atoms with Crippen molar-refractivity contribution in [3.8, 4) is 5.75 Å². The lowest BCUT2D eigenvalue weighted by Gasteiger charge is -2.14. The Morgan fingerprint density at radius 1 is 1.50 bits per heavy atom. The number of rotatable bonds is 5. The second kappa shape index (κ2) is 7.30.